The second kappa shape index (κ2) is 9.68. The van der Waals surface area contributed by atoms with Gasteiger partial charge < -0.3 is 0 Å². The highest BCUT2D eigenvalue weighted by atomic mass is 16.6. The van der Waals surface area contributed by atoms with E-state index in [0.29, 0.717) is 30.4 Å². The number of benzene rings is 2. The number of ketones is 2. The van der Waals surface area contributed by atoms with Gasteiger partial charge in [0.2, 0.25) is 0 Å². The van der Waals surface area contributed by atoms with E-state index in [1.165, 1.54) is 48.5 Å². The Bertz CT molecular complexity index is 906. The van der Waals surface area contributed by atoms with Gasteiger partial charge in [-0.25, -0.2) is 0 Å². The van der Waals surface area contributed by atoms with Crippen LogP contribution < -0.4 is 0 Å². The van der Waals surface area contributed by atoms with Crippen molar-refractivity contribution in [3.8, 4) is 0 Å². The third kappa shape index (κ3) is 5.10. The van der Waals surface area contributed by atoms with Crippen molar-refractivity contribution in [2.75, 3.05) is 0 Å². The minimum absolute atomic E-state index is 0.109. The normalized spacial score (nSPS) is 12.8. The third-order valence-electron chi connectivity index (χ3n) is 4.92. The number of hydrogen-bond donors (Lipinski definition) is 0. The summed E-state index contributed by atoms with van der Waals surface area (Å²) in [6, 6.07) is 10.7. The molecule has 2 aromatic carbocycles. The summed E-state index contributed by atoms with van der Waals surface area (Å²) in [7, 11) is 0. The molecule has 0 spiro atoms. The average molecular weight is 398 g/mol. The molecule has 2 aromatic rings. The van der Waals surface area contributed by atoms with Crippen molar-refractivity contribution in [2.45, 2.75) is 33.1 Å². The first kappa shape index (κ1) is 21.9. The molecule has 0 amide bonds. The fourth-order valence-corrected chi connectivity index (χ4v) is 3.40. The predicted octanol–water partition coefficient (Wildman–Crippen LogP) is 5.01. The summed E-state index contributed by atoms with van der Waals surface area (Å²) >= 11 is 0. The number of nitro groups is 2. The Morgan fingerprint density at radius 3 is 1.45 bits per heavy atom. The Labute approximate surface area is 167 Å². The topological polar surface area (TPSA) is 120 Å². The molecule has 0 fully saturated rings. The standard InChI is InChI=1S/C21H22N2O6/c1-3-5-19(21(25)15-8-12-17(13-9-15)23(28)29)18(4-2)20(24)14-6-10-16(11-7-14)22(26)27/h6-13,18-19H,3-5H2,1-2H3. The summed E-state index contributed by atoms with van der Waals surface area (Å²) in [4.78, 5) is 46.7. The van der Waals surface area contributed by atoms with Crippen LogP contribution in [0.5, 0.6) is 0 Å². The highest BCUT2D eigenvalue weighted by Gasteiger charge is 2.33. The van der Waals surface area contributed by atoms with Crippen LogP contribution in [0.2, 0.25) is 0 Å². The largest absolute Gasteiger partial charge is 0.294 e. The fraction of sp³-hybridized carbons (Fsp3) is 0.333. The molecular weight excluding hydrogens is 376 g/mol. The molecule has 0 bridgehead atoms. The maximum Gasteiger partial charge on any atom is 0.269 e. The Hall–Kier alpha value is -3.42. The fourth-order valence-electron chi connectivity index (χ4n) is 3.40. The molecular formula is C21H22N2O6. The molecule has 8 heteroatoms. The van der Waals surface area contributed by atoms with Crippen molar-refractivity contribution < 1.29 is 19.4 Å². The van der Waals surface area contributed by atoms with Gasteiger partial charge in [-0.15, -0.1) is 0 Å². The van der Waals surface area contributed by atoms with E-state index in [4.69, 9.17) is 0 Å². The van der Waals surface area contributed by atoms with Crippen molar-refractivity contribution in [3.05, 3.63) is 79.9 Å². The molecule has 2 atom stereocenters. The number of Topliss-reactive ketones (excluding diaryl/α,β-unsaturated/α-hetero) is 2. The van der Waals surface area contributed by atoms with E-state index in [1.807, 2.05) is 13.8 Å². The minimum atomic E-state index is -0.584. The van der Waals surface area contributed by atoms with Crippen LogP contribution in [0, 0.1) is 32.1 Å². The van der Waals surface area contributed by atoms with Gasteiger partial charge in [-0.2, -0.15) is 0 Å². The molecule has 0 saturated carbocycles. The lowest BCUT2D eigenvalue weighted by atomic mass is 9.77. The predicted molar refractivity (Wildman–Crippen MR) is 107 cm³/mol. The number of carbonyl (C=O) groups is 2. The highest BCUT2D eigenvalue weighted by molar-refractivity contribution is 6.05. The van der Waals surface area contributed by atoms with Crippen molar-refractivity contribution in [1.82, 2.24) is 0 Å². The summed E-state index contributed by atoms with van der Waals surface area (Å²) in [6.45, 7) is 3.74. The van der Waals surface area contributed by atoms with Gasteiger partial charge >= 0.3 is 0 Å². The van der Waals surface area contributed by atoms with Gasteiger partial charge in [0, 0.05) is 47.2 Å². The van der Waals surface area contributed by atoms with Crippen LogP contribution in [-0.2, 0) is 0 Å². The quantitative estimate of drug-likeness (QED) is 0.315. The summed E-state index contributed by atoms with van der Waals surface area (Å²) in [5.41, 5.74) is 0.424. The first-order valence-corrected chi connectivity index (χ1v) is 9.37. The second-order valence-corrected chi connectivity index (χ2v) is 6.75. The SMILES string of the molecule is CCCC(C(=O)c1ccc([N+](=O)[O-])cc1)C(CC)C(=O)c1ccc([N+](=O)[O-])cc1. The van der Waals surface area contributed by atoms with E-state index in [-0.39, 0.29) is 22.9 Å². The minimum Gasteiger partial charge on any atom is -0.294 e. The van der Waals surface area contributed by atoms with Crippen molar-refractivity contribution in [2.24, 2.45) is 11.8 Å². The van der Waals surface area contributed by atoms with Crippen molar-refractivity contribution >= 4 is 22.9 Å². The molecule has 8 nitrogen and oxygen atoms in total. The van der Waals surface area contributed by atoms with Gasteiger partial charge in [0.25, 0.3) is 11.4 Å². The second-order valence-electron chi connectivity index (χ2n) is 6.75. The van der Waals surface area contributed by atoms with Crippen LogP contribution in [-0.4, -0.2) is 21.4 Å². The van der Waals surface area contributed by atoms with Gasteiger partial charge in [0.15, 0.2) is 11.6 Å². The number of rotatable bonds is 10. The maximum absolute atomic E-state index is 13.1. The monoisotopic (exact) mass is 398 g/mol. The molecule has 0 heterocycles. The van der Waals surface area contributed by atoms with Crippen molar-refractivity contribution in [1.29, 1.82) is 0 Å². The first-order valence-electron chi connectivity index (χ1n) is 9.37. The van der Waals surface area contributed by atoms with Crippen LogP contribution in [0.3, 0.4) is 0 Å². The smallest absolute Gasteiger partial charge is 0.269 e. The molecule has 2 rings (SSSR count). The number of carbonyl (C=O) groups excluding carboxylic acids is 2. The van der Waals surface area contributed by atoms with Crippen LogP contribution in [0.15, 0.2) is 48.5 Å². The molecule has 0 aromatic heterocycles. The number of nitro benzene ring substituents is 2. The molecule has 0 aliphatic rings. The molecule has 2 unspecified atom stereocenters. The summed E-state index contributed by atoms with van der Waals surface area (Å²) in [6.07, 6.45) is 1.61. The van der Waals surface area contributed by atoms with E-state index in [9.17, 15) is 29.8 Å². The lowest BCUT2D eigenvalue weighted by Gasteiger charge is -2.24. The Morgan fingerprint density at radius 2 is 1.14 bits per heavy atom. The number of non-ortho nitro benzene ring substituents is 2. The van der Waals surface area contributed by atoms with E-state index >= 15 is 0 Å². The molecule has 0 radical (unpaired) electrons. The maximum atomic E-state index is 13.1. The lowest BCUT2D eigenvalue weighted by molar-refractivity contribution is -0.385. The number of nitrogens with zero attached hydrogens (tertiary/aromatic N) is 2. The van der Waals surface area contributed by atoms with Crippen LogP contribution in [0.25, 0.3) is 0 Å². The summed E-state index contributed by atoms with van der Waals surface area (Å²) < 4.78 is 0. The average Bonchev–Trinajstić information content (AvgIpc) is 2.73. The van der Waals surface area contributed by atoms with E-state index in [0.717, 1.165) is 0 Å². The van der Waals surface area contributed by atoms with E-state index in [1.54, 1.807) is 0 Å². The van der Waals surface area contributed by atoms with Crippen molar-refractivity contribution in [3.63, 3.8) is 0 Å². The summed E-state index contributed by atoms with van der Waals surface area (Å²) in [5.74, 6) is -1.63. The Balaban J connectivity index is 2.31. The number of hydrogen-bond acceptors (Lipinski definition) is 6. The van der Waals surface area contributed by atoms with Crippen LogP contribution in [0.1, 0.15) is 53.8 Å². The van der Waals surface area contributed by atoms with Crippen LogP contribution in [0.4, 0.5) is 11.4 Å². The molecule has 152 valence electrons. The Kier molecular flexibility index (Phi) is 7.30. The van der Waals surface area contributed by atoms with Gasteiger partial charge in [-0.3, -0.25) is 29.8 Å². The Morgan fingerprint density at radius 1 is 0.759 bits per heavy atom. The lowest BCUT2D eigenvalue weighted by Crippen LogP contribution is -2.30. The first-order chi connectivity index (χ1) is 13.8. The third-order valence-corrected chi connectivity index (χ3v) is 4.92. The molecule has 0 saturated heterocycles. The van der Waals surface area contributed by atoms with Gasteiger partial charge in [-0.1, -0.05) is 20.3 Å². The van der Waals surface area contributed by atoms with E-state index in [2.05, 4.69) is 0 Å². The molecule has 29 heavy (non-hydrogen) atoms. The van der Waals surface area contributed by atoms with E-state index < -0.39 is 21.7 Å². The van der Waals surface area contributed by atoms with Gasteiger partial charge in [0.1, 0.15) is 0 Å². The highest BCUT2D eigenvalue weighted by Crippen LogP contribution is 2.29. The molecule has 0 aliphatic heterocycles. The molecule has 0 aliphatic carbocycles. The van der Waals surface area contributed by atoms with Crippen LogP contribution >= 0.6 is 0 Å². The summed E-state index contributed by atoms with van der Waals surface area (Å²) in [5, 5.41) is 21.6. The molecule has 0 N–H and O–H groups in total. The zero-order chi connectivity index (χ0) is 21.6. The zero-order valence-electron chi connectivity index (χ0n) is 16.2. The zero-order valence-corrected chi connectivity index (χ0v) is 16.2. The van der Waals surface area contributed by atoms with Gasteiger partial charge in [-0.05, 0) is 37.1 Å². The van der Waals surface area contributed by atoms with Gasteiger partial charge in [0.05, 0.1) is 9.85 Å².